The summed E-state index contributed by atoms with van der Waals surface area (Å²) in [4.78, 5) is 10.4. The van der Waals surface area contributed by atoms with E-state index in [2.05, 4.69) is 22.6 Å². The maximum atomic E-state index is 10.4. The van der Waals surface area contributed by atoms with Crippen molar-refractivity contribution in [2.45, 2.75) is 148 Å². The quantitative estimate of drug-likeness (QED) is 0.0801. The molecule has 3 heteroatoms. The first-order chi connectivity index (χ1) is 13.8. The zero-order chi connectivity index (χ0) is 20.5. The molecule has 168 valence electrons. The maximum absolute atomic E-state index is 10.4. The van der Waals surface area contributed by atoms with Gasteiger partial charge in [-0.05, 0) is 17.3 Å². The van der Waals surface area contributed by atoms with Crippen molar-refractivity contribution >= 4 is 28.6 Å². The van der Waals surface area contributed by atoms with Crippen molar-refractivity contribution in [3.63, 3.8) is 0 Å². The molecule has 0 saturated heterocycles. The summed E-state index contributed by atoms with van der Waals surface area (Å²) < 4.78 is 1.33. The smallest absolute Gasteiger partial charge is 0.303 e. The first kappa shape index (κ1) is 28.2. The Hall–Kier alpha value is 0.200. The molecule has 0 aliphatic carbocycles. The van der Waals surface area contributed by atoms with Gasteiger partial charge in [-0.3, -0.25) is 4.79 Å². The van der Waals surface area contributed by atoms with Gasteiger partial charge in [0.15, 0.2) is 0 Å². The molecule has 0 aromatic carbocycles. The zero-order valence-corrected chi connectivity index (χ0v) is 20.9. The molecule has 0 heterocycles. The molecule has 2 nitrogen and oxygen atoms in total. The molecule has 0 unspecified atom stereocenters. The van der Waals surface area contributed by atoms with Crippen LogP contribution in [-0.4, -0.2) is 15.5 Å². The normalized spacial score (nSPS) is 11.2. The molecule has 0 amide bonds. The molecule has 28 heavy (non-hydrogen) atoms. The lowest BCUT2D eigenvalue weighted by Crippen LogP contribution is -1.93. The van der Waals surface area contributed by atoms with Gasteiger partial charge in [0.2, 0.25) is 0 Å². The van der Waals surface area contributed by atoms with Gasteiger partial charge in [-0.15, -0.1) is 0 Å². The average molecular weight is 509 g/mol. The number of carboxylic acid groups (broad SMARTS) is 1. The largest absolute Gasteiger partial charge is 0.481 e. The molecule has 0 rings (SSSR count). The van der Waals surface area contributed by atoms with Crippen LogP contribution >= 0.6 is 22.6 Å². The van der Waals surface area contributed by atoms with Gasteiger partial charge >= 0.3 is 5.97 Å². The van der Waals surface area contributed by atoms with E-state index in [0.717, 1.165) is 12.8 Å². The Kier molecular flexibility index (Phi) is 25.4. The molecule has 0 aliphatic heterocycles. The Morgan fingerprint density at radius 2 is 0.643 bits per heavy atom. The van der Waals surface area contributed by atoms with Crippen molar-refractivity contribution in [1.82, 2.24) is 0 Å². The number of carboxylic acids is 1. The van der Waals surface area contributed by atoms with Crippen LogP contribution in [-0.2, 0) is 4.79 Å². The number of hydrogen-bond acceptors (Lipinski definition) is 1. The minimum atomic E-state index is -0.650. The van der Waals surface area contributed by atoms with E-state index >= 15 is 0 Å². The fraction of sp³-hybridized carbons (Fsp3) is 0.960. The molecule has 0 aromatic rings. The van der Waals surface area contributed by atoms with Gasteiger partial charge in [0.05, 0.1) is 0 Å². The van der Waals surface area contributed by atoms with E-state index in [0.29, 0.717) is 6.42 Å². The van der Waals surface area contributed by atoms with Crippen molar-refractivity contribution in [3.05, 3.63) is 0 Å². The van der Waals surface area contributed by atoms with Crippen molar-refractivity contribution in [2.24, 2.45) is 0 Å². The van der Waals surface area contributed by atoms with E-state index in [1.807, 2.05) is 0 Å². The third kappa shape index (κ3) is 26.2. The van der Waals surface area contributed by atoms with Crippen LogP contribution in [0.25, 0.3) is 0 Å². The highest BCUT2D eigenvalue weighted by molar-refractivity contribution is 14.1. The number of alkyl halides is 1. The lowest BCUT2D eigenvalue weighted by atomic mass is 10.0. The summed E-state index contributed by atoms with van der Waals surface area (Å²) in [5.74, 6) is -0.650. The molecular weight excluding hydrogens is 459 g/mol. The Morgan fingerprint density at radius 3 is 0.857 bits per heavy atom. The van der Waals surface area contributed by atoms with Crippen LogP contribution in [0.1, 0.15) is 148 Å². The minimum absolute atomic E-state index is 0.346. The number of aliphatic carboxylic acids is 1. The second kappa shape index (κ2) is 25.2. The maximum Gasteiger partial charge on any atom is 0.303 e. The summed E-state index contributed by atoms with van der Waals surface area (Å²) in [5.41, 5.74) is 0. The topological polar surface area (TPSA) is 37.3 Å². The predicted octanol–water partition coefficient (Wildman–Crippen LogP) is 9.48. The van der Waals surface area contributed by atoms with Crippen LogP contribution in [0.3, 0.4) is 0 Å². The van der Waals surface area contributed by atoms with Crippen LogP contribution < -0.4 is 0 Å². The Balaban J connectivity index is 2.99. The molecular formula is C25H49IO2. The first-order valence-electron chi connectivity index (χ1n) is 12.5. The number of rotatable bonds is 24. The number of hydrogen-bond donors (Lipinski definition) is 1. The highest BCUT2D eigenvalue weighted by Gasteiger charge is 1.97. The molecule has 0 atom stereocenters. The van der Waals surface area contributed by atoms with E-state index in [9.17, 15) is 4.79 Å². The van der Waals surface area contributed by atoms with Crippen LogP contribution in [0.4, 0.5) is 0 Å². The Bertz CT molecular complexity index is 307. The van der Waals surface area contributed by atoms with Gasteiger partial charge in [-0.1, -0.05) is 151 Å². The van der Waals surface area contributed by atoms with Gasteiger partial charge in [0.1, 0.15) is 0 Å². The van der Waals surface area contributed by atoms with E-state index in [1.54, 1.807) is 0 Å². The summed E-state index contributed by atoms with van der Waals surface area (Å²) in [7, 11) is 0. The lowest BCUT2D eigenvalue weighted by molar-refractivity contribution is -0.137. The van der Waals surface area contributed by atoms with Crippen LogP contribution in [0.15, 0.2) is 0 Å². The van der Waals surface area contributed by atoms with Gasteiger partial charge in [0.25, 0.3) is 0 Å². The zero-order valence-electron chi connectivity index (χ0n) is 18.7. The number of unbranched alkanes of at least 4 members (excludes halogenated alkanes) is 21. The van der Waals surface area contributed by atoms with Gasteiger partial charge in [-0.2, -0.15) is 0 Å². The highest BCUT2D eigenvalue weighted by Crippen LogP contribution is 2.15. The number of halogens is 1. The van der Waals surface area contributed by atoms with Crippen molar-refractivity contribution < 1.29 is 9.90 Å². The van der Waals surface area contributed by atoms with E-state index in [1.165, 1.54) is 133 Å². The predicted molar refractivity (Wildman–Crippen MR) is 133 cm³/mol. The summed E-state index contributed by atoms with van der Waals surface area (Å²) in [5, 5.41) is 8.58. The Labute approximate surface area is 190 Å². The van der Waals surface area contributed by atoms with E-state index in [-0.39, 0.29) is 0 Å². The average Bonchev–Trinajstić information content (AvgIpc) is 2.68. The number of carbonyl (C=O) groups is 1. The second-order valence-corrected chi connectivity index (χ2v) is 9.69. The first-order valence-corrected chi connectivity index (χ1v) is 14.1. The highest BCUT2D eigenvalue weighted by atomic mass is 127. The summed E-state index contributed by atoms with van der Waals surface area (Å²) >= 11 is 2.48. The van der Waals surface area contributed by atoms with Crippen molar-refractivity contribution in [2.75, 3.05) is 4.43 Å². The summed E-state index contributed by atoms with van der Waals surface area (Å²) in [6.07, 6.45) is 30.6. The van der Waals surface area contributed by atoms with Crippen LogP contribution in [0, 0.1) is 0 Å². The van der Waals surface area contributed by atoms with Crippen molar-refractivity contribution in [1.29, 1.82) is 0 Å². The summed E-state index contributed by atoms with van der Waals surface area (Å²) in [6.45, 7) is 0. The molecule has 0 bridgehead atoms. The fourth-order valence-corrected chi connectivity index (χ4v) is 4.45. The van der Waals surface area contributed by atoms with Gasteiger partial charge < -0.3 is 5.11 Å². The van der Waals surface area contributed by atoms with Crippen LogP contribution in [0.2, 0.25) is 0 Å². The van der Waals surface area contributed by atoms with Gasteiger partial charge in [0, 0.05) is 6.42 Å². The van der Waals surface area contributed by atoms with E-state index in [4.69, 9.17) is 5.11 Å². The monoisotopic (exact) mass is 508 g/mol. The SMILES string of the molecule is O=C(O)CCCCCCCCCCCCCCCCCCCCCCCCI. The van der Waals surface area contributed by atoms with Crippen molar-refractivity contribution in [3.8, 4) is 0 Å². The molecule has 0 saturated carbocycles. The Morgan fingerprint density at radius 1 is 0.429 bits per heavy atom. The fourth-order valence-electron chi connectivity index (χ4n) is 3.91. The summed E-state index contributed by atoms with van der Waals surface area (Å²) in [6, 6.07) is 0. The second-order valence-electron chi connectivity index (χ2n) is 8.61. The lowest BCUT2D eigenvalue weighted by Gasteiger charge is -2.04. The molecule has 0 radical (unpaired) electrons. The molecule has 1 N–H and O–H groups in total. The van der Waals surface area contributed by atoms with Gasteiger partial charge in [-0.25, -0.2) is 0 Å². The third-order valence-corrected chi connectivity index (χ3v) is 6.54. The standard InChI is InChI=1S/C25H49IO2/c26-24-22-20-18-16-14-12-10-8-6-4-2-1-3-5-7-9-11-13-15-17-19-21-23-25(27)28/h1-24H2,(H,27,28). The molecule has 0 aliphatic rings. The minimum Gasteiger partial charge on any atom is -0.481 e. The molecule has 0 aromatic heterocycles. The van der Waals surface area contributed by atoms with Crippen LogP contribution in [0.5, 0.6) is 0 Å². The molecule has 0 spiro atoms. The van der Waals surface area contributed by atoms with E-state index < -0.39 is 5.97 Å². The molecule has 0 fully saturated rings. The third-order valence-electron chi connectivity index (χ3n) is 5.77.